The first-order valence-corrected chi connectivity index (χ1v) is 8.95. The largest absolute Gasteiger partial charge is 0.385 e. The number of hydrogen-bond donors (Lipinski definition) is 0. The Hall–Kier alpha value is -2.53. The second kappa shape index (κ2) is 7.79. The van der Waals surface area contributed by atoms with Gasteiger partial charge in [0.25, 0.3) is 0 Å². The lowest BCUT2D eigenvalue weighted by atomic mass is 9.86. The van der Waals surface area contributed by atoms with Crippen LogP contribution in [0.2, 0.25) is 0 Å². The van der Waals surface area contributed by atoms with Crippen molar-refractivity contribution in [2.45, 2.75) is 39.2 Å². The maximum absolute atomic E-state index is 5.11. The van der Waals surface area contributed by atoms with Crippen LogP contribution in [0.25, 0.3) is 22.5 Å². The summed E-state index contributed by atoms with van der Waals surface area (Å²) < 4.78 is 6.95. The third-order valence-electron chi connectivity index (χ3n) is 4.46. The highest BCUT2D eigenvalue weighted by Gasteiger charge is 2.14. The van der Waals surface area contributed by atoms with Crippen molar-refractivity contribution in [2.24, 2.45) is 0 Å². The Balaban J connectivity index is 1.86. The number of methoxy groups -OCH3 is 1. The van der Waals surface area contributed by atoms with E-state index < -0.39 is 0 Å². The Bertz CT molecular complexity index is 847. The Kier molecular flexibility index (Phi) is 5.47. The molecule has 0 saturated carbocycles. The summed E-state index contributed by atoms with van der Waals surface area (Å²) in [7, 11) is 1.70. The highest BCUT2D eigenvalue weighted by Crippen LogP contribution is 2.28. The third kappa shape index (κ3) is 4.17. The lowest BCUT2D eigenvalue weighted by Crippen LogP contribution is -2.10. The number of aryl methyl sites for hydroxylation is 1. The van der Waals surface area contributed by atoms with Crippen LogP contribution in [0, 0.1) is 0 Å². The van der Waals surface area contributed by atoms with Crippen LogP contribution in [0.5, 0.6) is 0 Å². The Morgan fingerprint density at radius 3 is 2.38 bits per heavy atom. The molecule has 0 aliphatic rings. The molecule has 26 heavy (non-hydrogen) atoms. The van der Waals surface area contributed by atoms with Crippen LogP contribution in [0.15, 0.2) is 48.5 Å². The van der Waals surface area contributed by atoms with Gasteiger partial charge < -0.3 is 4.74 Å². The fraction of sp³-hybridized carbons (Fsp3) is 0.381. The van der Waals surface area contributed by atoms with Crippen molar-refractivity contribution in [1.82, 2.24) is 20.2 Å². The molecule has 0 aliphatic heterocycles. The van der Waals surface area contributed by atoms with Crippen LogP contribution in [0.4, 0.5) is 0 Å². The molecule has 2 aromatic carbocycles. The molecule has 0 fully saturated rings. The fourth-order valence-electron chi connectivity index (χ4n) is 2.92. The first-order chi connectivity index (χ1) is 12.5. The van der Waals surface area contributed by atoms with Crippen LogP contribution in [0.3, 0.4) is 0 Å². The van der Waals surface area contributed by atoms with Gasteiger partial charge in [-0.2, -0.15) is 0 Å². The summed E-state index contributed by atoms with van der Waals surface area (Å²) in [4.78, 5) is 0. The maximum atomic E-state index is 5.11. The molecule has 0 aliphatic carbocycles. The van der Waals surface area contributed by atoms with Gasteiger partial charge in [0, 0.05) is 25.8 Å². The lowest BCUT2D eigenvalue weighted by Gasteiger charge is -2.19. The van der Waals surface area contributed by atoms with E-state index in [4.69, 9.17) is 4.74 Å². The SMILES string of the molecule is COCCCn1nnnc1-c1cccc(-c2ccc(C(C)(C)C)cc2)c1. The van der Waals surface area contributed by atoms with E-state index >= 15 is 0 Å². The number of aromatic nitrogens is 4. The average molecular weight is 350 g/mol. The Morgan fingerprint density at radius 1 is 0.962 bits per heavy atom. The minimum Gasteiger partial charge on any atom is -0.385 e. The van der Waals surface area contributed by atoms with Crippen molar-refractivity contribution >= 4 is 0 Å². The summed E-state index contributed by atoms with van der Waals surface area (Å²) in [6.07, 6.45) is 0.877. The minimum atomic E-state index is 0.157. The zero-order valence-corrected chi connectivity index (χ0v) is 15.9. The molecule has 0 bridgehead atoms. The number of benzene rings is 2. The van der Waals surface area contributed by atoms with E-state index in [1.54, 1.807) is 7.11 Å². The molecule has 3 rings (SSSR count). The van der Waals surface area contributed by atoms with Crippen LogP contribution in [0.1, 0.15) is 32.8 Å². The Morgan fingerprint density at radius 2 is 1.69 bits per heavy atom. The van der Waals surface area contributed by atoms with E-state index in [1.165, 1.54) is 11.1 Å². The minimum absolute atomic E-state index is 0.157. The molecule has 0 saturated heterocycles. The molecule has 5 heteroatoms. The molecular weight excluding hydrogens is 324 g/mol. The van der Waals surface area contributed by atoms with E-state index in [2.05, 4.69) is 78.8 Å². The molecule has 0 amide bonds. The smallest absolute Gasteiger partial charge is 0.182 e. The van der Waals surface area contributed by atoms with Gasteiger partial charge in [0.2, 0.25) is 0 Å². The summed E-state index contributed by atoms with van der Waals surface area (Å²) in [5, 5.41) is 12.2. The molecule has 136 valence electrons. The van der Waals surface area contributed by atoms with Crippen LogP contribution in [-0.4, -0.2) is 33.9 Å². The van der Waals surface area contributed by atoms with Gasteiger partial charge in [0.05, 0.1) is 0 Å². The second-order valence-electron chi connectivity index (χ2n) is 7.48. The first kappa shape index (κ1) is 18.3. The molecule has 1 heterocycles. The molecule has 1 aromatic heterocycles. The number of hydrogen-bond acceptors (Lipinski definition) is 4. The van der Waals surface area contributed by atoms with E-state index in [0.29, 0.717) is 6.61 Å². The van der Waals surface area contributed by atoms with E-state index in [9.17, 15) is 0 Å². The molecule has 5 nitrogen and oxygen atoms in total. The summed E-state index contributed by atoms with van der Waals surface area (Å²) in [5.74, 6) is 0.786. The molecule has 0 atom stereocenters. The lowest BCUT2D eigenvalue weighted by molar-refractivity contribution is 0.189. The van der Waals surface area contributed by atoms with E-state index in [-0.39, 0.29) is 5.41 Å². The van der Waals surface area contributed by atoms with Crippen molar-refractivity contribution in [2.75, 3.05) is 13.7 Å². The second-order valence-corrected chi connectivity index (χ2v) is 7.48. The Labute approximate surface area is 155 Å². The molecule has 0 radical (unpaired) electrons. The predicted octanol–water partition coefficient (Wildman–Crippen LogP) is 4.34. The third-order valence-corrected chi connectivity index (χ3v) is 4.46. The maximum Gasteiger partial charge on any atom is 0.182 e. The van der Waals surface area contributed by atoms with Gasteiger partial charge in [0.1, 0.15) is 0 Å². The summed E-state index contributed by atoms with van der Waals surface area (Å²) >= 11 is 0. The number of nitrogens with zero attached hydrogens (tertiary/aromatic N) is 4. The number of tetrazole rings is 1. The highest BCUT2D eigenvalue weighted by molar-refractivity contribution is 5.70. The van der Waals surface area contributed by atoms with Gasteiger partial charge in [-0.25, -0.2) is 4.68 Å². The quantitative estimate of drug-likeness (QED) is 0.621. The zero-order valence-electron chi connectivity index (χ0n) is 15.9. The van der Waals surface area contributed by atoms with Crippen LogP contribution < -0.4 is 0 Å². The van der Waals surface area contributed by atoms with Crippen molar-refractivity contribution in [3.63, 3.8) is 0 Å². The topological polar surface area (TPSA) is 52.8 Å². The predicted molar refractivity (Wildman–Crippen MR) is 104 cm³/mol. The van der Waals surface area contributed by atoms with Gasteiger partial charge in [-0.1, -0.05) is 63.2 Å². The van der Waals surface area contributed by atoms with Gasteiger partial charge in [-0.05, 0) is 45.0 Å². The van der Waals surface area contributed by atoms with Gasteiger partial charge in [-0.15, -0.1) is 5.10 Å². The monoisotopic (exact) mass is 350 g/mol. The highest BCUT2D eigenvalue weighted by atomic mass is 16.5. The number of ether oxygens (including phenoxy) is 1. The van der Waals surface area contributed by atoms with Crippen LogP contribution >= 0.6 is 0 Å². The van der Waals surface area contributed by atoms with Gasteiger partial charge in [0.15, 0.2) is 5.82 Å². The molecule has 0 N–H and O–H groups in total. The number of rotatable bonds is 6. The normalized spacial score (nSPS) is 11.7. The molecule has 0 unspecified atom stereocenters. The summed E-state index contributed by atoms with van der Waals surface area (Å²) in [6.45, 7) is 8.12. The first-order valence-electron chi connectivity index (χ1n) is 8.95. The van der Waals surface area contributed by atoms with Gasteiger partial charge in [-0.3, -0.25) is 0 Å². The van der Waals surface area contributed by atoms with Crippen molar-refractivity contribution < 1.29 is 4.74 Å². The summed E-state index contributed by atoms with van der Waals surface area (Å²) in [5.41, 5.74) is 4.86. The fourth-order valence-corrected chi connectivity index (χ4v) is 2.92. The molecule has 0 spiro atoms. The van der Waals surface area contributed by atoms with Crippen LogP contribution in [-0.2, 0) is 16.7 Å². The van der Waals surface area contributed by atoms with E-state index in [1.807, 2.05) is 10.7 Å². The van der Waals surface area contributed by atoms with E-state index in [0.717, 1.165) is 29.9 Å². The van der Waals surface area contributed by atoms with Crippen molar-refractivity contribution in [1.29, 1.82) is 0 Å². The zero-order chi connectivity index (χ0) is 18.6. The van der Waals surface area contributed by atoms with Crippen molar-refractivity contribution in [3.05, 3.63) is 54.1 Å². The average Bonchev–Trinajstić information content (AvgIpc) is 3.10. The van der Waals surface area contributed by atoms with Gasteiger partial charge >= 0.3 is 0 Å². The van der Waals surface area contributed by atoms with Crippen molar-refractivity contribution in [3.8, 4) is 22.5 Å². The summed E-state index contributed by atoms with van der Waals surface area (Å²) in [6, 6.07) is 17.1. The molecule has 3 aromatic rings. The molecular formula is C21H26N4O. The standard InChI is InChI=1S/C21H26N4O/c1-21(2,3)19-11-9-16(10-12-19)17-7-5-8-18(15-17)20-22-23-24-25(20)13-6-14-26-4/h5,7-12,15H,6,13-14H2,1-4H3.